The molecule has 1 aliphatic carbocycles. The van der Waals surface area contributed by atoms with Gasteiger partial charge in [0, 0.05) is 73.6 Å². The van der Waals surface area contributed by atoms with E-state index in [0.717, 1.165) is 61.9 Å². The highest BCUT2D eigenvalue weighted by Crippen LogP contribution is 2.54. The Kier molecular flexibility index (Phi) is 8.35. The Balaban J connectivity index is 0.738. The molecule has 15 heteroatoms. The third kappa shape index (κ3) is 6.28. The maximum atomic E-state index is 13.1. The van der Waals surface area contributed by atoms with Crippen molar-refractivity contribution in [1.82, 2.24) is 44.9 Å². The lowest BCUT2D eigenvalue weighted by Gasteiger charge is -2.60. The van der Waals surface area contributed by atoms with Crippen LogP contribution < -0.4 is 20.3 Å². The minimum absolute atomic E-state index is 0.0562. The van der Waals surface area contributed by atoms with Crippen LogP contribution in [-0.2, 0) is 16.1 Å². The highest BCUT2D eigenvalue weighted by molar-refractivity contribution is 6.05. The Hall–Kier alpha value is -5.05. The number of fused-ring (bicyclic) bond motifs is 2. The molecule has 7 heterocycles. The number of aromatic amines is 1. The highest BCUT2D eigenvalue weighted by atomic mass is 16.5. The summed E-state index contributed by atoms with van der Waals surface area (Å²) in [5, 5.41) is 17.7. The van der Waals surface area contributed by atoms with Crippen molar-refractivity contribution in [2.45, 2.75) is 84.0 Å². The lowest BCUT2D eigenvalue weighted by Crippen LogP contribution is -2.62. The quantitative estimate of drug-likeness (QED) is 0.205. The minimum Gasteiger partial charge on any atom is -0.473 e. The molecule has 0 radical (unpaired) electrons. The van der Waals surface area contributed by atoms with E-state index >= 15 is 0 Å². The second kappa shape index (κ2) is 13.1. The van der Waals surface area contributed by atoms with Gasteiger partial charge < -0.3 is 24.8 Å². The first-order chi connectivity index (χ1) is 25.6. The molecule has 9 rings (SSSR count). The van der Waals surface area contributed by atoms with E-state index < -0.39 is 6.04 Å². The van der Waals surface area contributed by atoms with Gasteiger partial charge in [0.15, 0.2) is 5.65 Å². The molecule has 3 aromatic heterocycles. The Morgan fingerprint density at radius 2 is 1.96 bits per heavy atom. The van der Waals surface area contributed by atoms with Crippen LogP contribution in [0.25, 0.3) is 16.9 Å². The van der Waals surface area contributed by atoms with Crippen molar-refractivity contribution < 1.29 is 19.1 Å². The van der Waals surface area contributed by atoms with Gasteiger partial charge in [-0.3, -0.25) is 24.8 Å². The number of H-pyrrole nitrogens is 1. The van der Waals surface area contributed by atoms with Crippen molar-refractivity contribution in [3.05, 3.63) is 47.9 Å². The molecule has 15 nitrogen and oxygen atoms in total. The Bertz CT molecular complexity index is 2050. The van der Waals surface area contributed by atoms with Crippen LogP contribution in [0.2, 0.25) is 0 Å². The number of likely N-dealkylation sites (tertiary alicyclic amines) is 1. The summed E-state index contributed by atoms with van der Waals surface area (Å²) in [5.41, 5.74) is 5.34. The van der Waals surface area contributed by atoms with Crippen LogP contribution in [-0.4, -0.2) is 108 Å². The zero-order valence-corrected chi connectivity index (χ0v) is 30.5. The van der Waals surface area contributed by atoms with E-state index in [1.165, 1.54) is 19.3 Å². The third-order valence-electron chi connectivity index (χ3n) is 12.0. The number of benzene rings is 1. The van der Waals surface area contributed by atoms with Gasteiger partial charge >= 0.3 is 0 Å². The molecule has 1 unspecified atom stereocenters. The van der Waals surface area contributed by atoms with E-state index in [2.05, 4.69) is 48.6 Å². The maximum absolute atomic E-state index is 13.1. The number of anilines is 2. The van der Waals surface area contributed by atoms with E-state index in [9.17, 15) is 14.4 Å². The number of ether oxygens (including phenoxy) is 1. The molecule has 0 bridgehead atoms. The first-order valence-electron chi connectivity index (χ1n) is 19.0. The van der Waals surface area contributed by atoms with E-state index in [1.54, 1.807) is 28.0 Å². The summed E-state index contributed by atoms with van der Waals surface area (Å²) in [7, 11) is 0. The number of nitrogens with one attached hydrogen (secondary N) is 3. The Labute approximate surface area is 307 Å². The Morgan fingerprint density at radius 3 is 2.72 bits per heavy atom. The van der Waals surface area contributed by atoms with Gasteiger partial charge in [-0.05, 0) is 88.1 Å². The second-order valence-corrected chi connectivity index (χ2v) is 16.2. The molecule has 1 aromatic carbocycles. The van der Waals surface area contributed by atoms with Crippen LogP contribution >= 0.6 is 0 Å². The van der Waals surface area contributed by atoms with Gasteiger partial charge in [0.05, 0.1) is 18.5 Å². The fourth-order valence-corrected chi connectivity index (χ4v) is 9.31. The van der Waals surface area contributed by atoms with Crippen LogP contribution in [0.15, 0.2) is 36.8 Å². The fourth-order valence-electron chi connectivity index (χ4n) is 9.31. The zero-order chi connectivity index (χ0) is 36.4. The molecule has 3 atom stereocenters. The molecule has 3 amide bonds. The molecule has 1 saturated carbocycles. The molecule has 3 saturated heterocycles. The molecular formula is C38H47N11O4. The van der Waals surface area contributed by atoms with Crippen LogP contribution in [0.3, 0.4) is 0 Å². The van der Waals surface area contributed by atoms with Gasteiger partial charge in [-0.2, -0.15) is 14.6 Å². The van der Waals surface area contributed by atoms with Crippen molar-refractivity contribution in [2.24, 2.45) is 17.3 Å². The topological polar surface area (TPSA) is 166 Å². The van der Waals surface area contributed by atoms with Crippen LogP contribution in [0.4, 0.5) is 11.6 Å². The molecule has 53 heavy (non-hydrogen) atoms. The molecule has 3 N–H and O–H groups in total. The summed E-state index contributed by atoms with van der Waals surface area (Å²) in [6.07, 6.45) is 10.7. The predicted octanol–water partition coefficient (Wildman–Crippen LogP) is 3.49. The molecule has 4 fully saturated rings. The van der Waals surface area contributed by atoms with Crippen molar-refractivity contribution in [1.29, 1.82) is 0 Å². The van der Waals surface area contributed by atoms with Gasteiger partial charge in [-0.1, -0.05) is 6.92 Å². The standard InChI is InChI=1S/C38H47N11O4/c1-22(2)53-36-33(26-15-40-41-16-26)39-17-31-43-37(45-49(31)36)42-29-9-11-46(18-23(29)3)10-8-24-13-38(14-24)20-47(21-38)27-4-5-28-25(12-27)19-48(35(28)52)30-6-7-32(50)44-34(30)51/h4-5,12,15-17,22-24,29-30H,6-11,13-14,18-21H2,1-3H3,(H,40,41)(H,42,45)(H,44,50,51)/t23-,29+,30?/m1/s1. The number of hydrogen-bond acceptors (Lipinski definition) is 11. The van der Waals surface area contributed by atoms with Gasteiger partial charge in [0.25, 0.3) is 5.91 Å². The highest BCUT2D eigenvalue weighted by Gasteiger charge is 2.52. The number of hydrogen-bond donors (Lipinski definition) is 3. The van der Waals surface area contributed by atoms with Crippen LogP contribution in [0, 0.1) is 17.3 Å². The van der Waals surface area contributed by atoms with Gasteiger partial charge in [0.2, 0.25) is 23.6 Å². The van der Waals surface area contributed by atoms with E-state index in [4.69, 9.17) is 14.8 Å². The number of rotatable bonds is 10. The number of imide groups is 1. The SMILES string of the molecule is CC(C)Oc1c(-c2cn[nH]c2)ncc2nc(N[C@H]3CCN(CCC4CC5(C4)CN(c4ccc6c(c4)CN(C4CCC(=O)NC4=O)C6=O)C5)C[C@H]3C)nn12. The summed E-state index contributed by atoms with van der Waals surface area (Å²) in [6.45, 7) is 12.1. The molecular weight excluding hydrogens is 674 g/mol. The largest absolute Gasteiger partial charge is 0.473 e. The molecule has 1 spiro atoms. The summed E-state index contributed by atoms with van der Waals surface area (Å²) < 4.78 is 7.90. The van der Waals surface area contributed by atoms with E-state index in [1.807, 2.05) is 26.0 Å². The first-order valence-corrected chi connectivity index (χ1v) is 19.0. The van der Waals surface area contributed by atoms with E-state index in [0.29, 0.717) is 53.0 Å². The summed E-state index contributed by atoms with van der Waals surface area (Å²) in [5.74, 6) is 1.61. The lowest BCUT2D eigenvalue weighted by molar-refractivity contribution is -0.136. The number of aromatic nitrogens is 6. The molecule has 4 aromatic rings. The normalized spacial score (nSPS) is 24.5. The van der Waals surface area contributed by atoms with Crippen molar-refractivity contribution >= 4 is 35.0 Å². The van der Waals surface area contributed by atoms with Crippen LogP contribution in [0.1, 0.15) is 75.2 Å². The number of carbonyl (C=O) groups excluding carboxylic acids is 3. The summed E-state index contributed by atoms with van der Waals surface area (Å²) in [6, 6.07) is 5.79. The smallest absolute Gasteiger partial charge is 0.255 e. The first kappa shape index (κ1) is 33.8. The number of piperidine rings is 2. The average molecular weight is 722 g/mol. The molecule has 5 aliphatic rings. The van der Waals surface area contributed by atoms with Crippen molar-refractivity contribution in [3.8, 4) is 17.1 Å². The Morgan fingerprint density at radius 1 is 1.11 bits per heavy atom. The lowest BCUT2D eigenvalue weighted by atomic mass is 9.57. The number of amides is 3. The predicted molar refractivity (Wildman–Crippen MR) is 196 cm³/mol. The van der Waals surface area contributed by atoms with E-state index in [-0.39, 0.29) is 36.3 Å². The number of carbonyl (C=O) groups is 3. The molecule has 4 aliphatic heterocycles. The van der Waals surface area contributed by atoms with Gasteiger partial charge in [-0.25, -0.2) is 4.98 Å². The fraction of sp³-hybridized carbons (Fsp3) is 0.553. The second-order valence-electron chi connectivity index (χ2n) is 16.2. The average Bonchev–Trinajstić information content (AvgIpc) is 3.84. The monoisotopic (exact) mass is 721 g/mol. The van der Waals surface area contributed by atoms with Crippen molar-refractivity contribution in [3.63, 3.8) is 0 Å². The minimum atomic E-state index is -0.581. The van der Waals surface area contributed by atoms with Gasteiger partial charge in [-0.15, -0.1) is 5.10 Å². The van der Waals surface area contributed by atoms with Crippen LogP contribution in [0.5, 0.6) is 5.88 Å². The zero-order valence-electron chi connectivity index (χ0n) is 30.5. The maximum Gasteiger partial charge on any atom is 0.255 e. The molecule has 278 valence electrons. The van der Waals surface area contributed by atoms with Crippen molar-refractivity contribution in [2.75, 3.05) is 42.9 Å². The summed E-state index contributed by atoms with van der Waals surface area (Å²) in [4.78, 5) is 53.2. The third-order valence-corrected chi connectivity index (χ3v) is 12.0. The number of nitrogens with zero attached hydrogens (tertiary/aromatic N) is 8. The van der Waals surface area contributed by atoms with Gasteiger partial charge in [0.1, 0.15) is 11.7 Å². The summed E-state index contributed by atoms with van der Waals surface area (Å²) >= 11 is 0.